The number of aromatic amines is 1. The summed E-state index contributed by atoms with van der Waals surface area (Å²) in [6.07, 6.45) is 5.55. The van der Waals surface area contributed by atoms with E-state index < -0.39 is 0 Å². The van der Waals surface area contributed by atoms with Crippen LogP contribution in [0.15, 0.2) is 48.9 Å². The van der Waals surface area contributed by atoms with Gasteiger partial charge in [-0.25, -0.2) is 9.67 Å². The normalized spacial score (nSPS) is 10.6. The molecule has 0 aliphatic heterocycles. The molecule has 0 spiro atoms. The Bertz CT molecular complexity index is 654. The summed E-state index contributed by atoms with van der Waals surface area (Å²) in [5, 5.41) is 7.59. The molecule has 19 heavy (non-hydrogen) atoms. The Hall–Kier alpha value is -2.56. The minimum absolute atomic E-state index is 0.726. The molecule has 2 N–H and O–H groups in total. The van der Waals surface area contributed by atoms with Gasteiger partial charge in [-0.1, -0.05) is 6.07 Å². The van der Waals surface area contributed by atoms with Crippen LogP contribution in [0, 0.1) is 6.92 Å². The SMILES string of the molecule is Cc1ncc(CNc2cccc(-n3cccn3)c2)[nH]1. The third kappa shape index (κ3) is 2.65. The van der Waals surface area contributed by atoms with Crippen LogP contribution >= 0.6 is 0 Å². The summed E-state index contributed by atoms with van der Waals surface area (Å²) >= 11 is 0. The molecule has 1 aromatic carbocycles. The number of aromatic nitrogens is 4. The van der Waals surface area contributed by atoms with Crippen molar-refractivity contribution in [1.82, 2.24) is 19.7 Å². The summed E-state index contributed by atoms with van der Waals surface area (Å²) in [4.78, 5) is 7.37. The third-order valence-electron chi connectivity index (χ3n) is 2.85. The fraction of sp³-hybridized carbons (Fsp3) is 0.143. The predicted octanol–water partition coefficient (Wildman–Crippen LogP) is 2.52. The van der Waals surface area contributed by atoms with Gasteiger partial charge < -0.3 is 10.3 Å². The standard InChI is InChI=1S/C14H15N5/c1-11-15-9-13(18-11)10-16-12-4-2-5-14(8-12)19-7-3-6-17-19/h2-9,16H,10H2,1H3,(H,15,18). The molecule has 0 saturated carbocycles. The van der Waals surface area contributed by atoms with E-state index in [2.05, 4.69) is 26.4 Å². The number of H-pyrrole nitrogens is 1. The Morgan fingerprint density at radius 3 is 3.00 bits per heavy atom. The van der Waals surface area contributed by atoms with Crippen molar-refractivity contribution in [2.75, 3.05) is 5.32 Å². The van der Waals surface area contributed by atoms with Gasteiger partial charge in [0.15, 0.2) is 0 Å². The first kappa shape index (κ1) is 11.5. The van der Waals surface area contributed by atoms with Gasteiger partial charge in [0.05, 0.1) is 24.1 Å². The summed E-state index contributed by atoms with van der Waals surface area (Å²) in [7, 11) is 0. The highest BCUT2D eigenvalue weighted by Gasteiger charge is 2.00. The highest BCUT2D eigenvalue weighted by Crippen LogP contribution is 2.14. The summed E-state index contributed by atoms with van der Waals surface area (Å²) in [5.74, 6) is 0.932. The Labute approximate surface area is 111 Å². The molecule has 0 fully saturated rings. The zero-order valence-electron chi connectivity index (χ0n) is 10.7. The van der Waals surface area contributed by atoms with Crippen molar-refractivity contribution in [3.05, 3.63) is 60.4 Å². The molecular weight excluding hydrogens is 238 g/mol. The Balaban J connectivity index is 1.73. The zero-order valence-corrected chi connectivity index (χ0v) is 10.7. The second-order valence-electron chi connectivity index (χ2n) is 4.35. The number of hydrogen-bond donors (Lipinski definition) is 2. The lowest BCUT2D eigenvalue weighted by Crippen LogP contribution is -2.01. The van der Waals surface area contributed by atoms with Gasteiger partial charge in [0, 0.05) is 18.1 Å². The monoisotopic (exact) mass is 253 g/mol. The minimum Gasteiger partial charge on any atom is -0.379 e. The molecule has 5 nitrogen and oxygen atoms in total. The zero-order chi connectivity index (χ0) is 13.1. The van der Waals surface area contributed by atoms with E-state index in [1.807, 2.05) is 48.3 Å². The summed E-state index contributed by atoms with van der Waals surface area (Å²) in [6, 6.07) is 10.1. The molecule has 0 amide bonds. The van der Waals surface area contributed by atoms with Gasteiger partial charge in [0.1, 0.15) is 5.82 Å². The maximum atomic E-state index is 4.22. The van der Waals surface area contributed by atoms with Crippen LogP contribution in [0.3, 0.4) is 0 Å². The van der Waals surface area contributed by atoms with Gasteiger partial charge in [-0.2, -0.15) is 5.10 Å². The molecule has 96 valence electrons. The lowest BCUT2D eigenvalue weighted by molar-refractivity contribution is 0.880. The van der Waals surface area contributed by atoms with E-state index in [-0.39, 0.29) is 0 Å². The van der Waals surface area contributed by atoms with Crippen LogP contribution in [0.5, 0.6) is 0 Å². The van der Waals surface area contributed by atoms with E-state index in [1.54, 1.807) is 6.20 Å². The maximum Gasteiger partial charge on any atom is 0.103 e. The molecule has 0 atom stereocenters. The molecule has 0 aliphatic rings. The van der Waals surface area contributed by atoms with Crippen LogP contribution in [0.2, 0.25) is 0 Å². The number of anilines is 1. The number of hydrogen-bond acceptors (Lipinski definition) is 3. The Morgan fingerprint density at radius 1 is 1.32 bits per heavy atom. The van der Waals surface area contributed by atoms with Crippen molar-refractivity contribution >= 4 is 5.69 Å². The molecule has 0 saturated heterocycles. The van der Waals surface area contributed by atoms with Crippen molar-refractivity contribution in [1.29, 1.82) is 0 Å². The Morgan fingerprint density at radius 2 is 2.26 bits per heavy atom. The average molecular weight is 253 g/mol. The van der Waals surface area contributed by atoms with E-state index in [4.69, 9.17) is 0 Å². The largest absolute Gasteiger partial charge is 0.379 e. The lowest BCUT2D eigenvalue weighted by Gasteiger charge is -2.07. The number of benzene rings is 1. The molecule has 0 radical (unpaired) electrons. The molecule has 3 rings (SSSR count). The summed E-state index contributed by atoms with van der Waals surface area (Å²) in [5.41, 5.74) is 3.16. The first-order chi connectivity index (χ1) is 9.31. The van der Waals surface area contributed by atoms with Crippen LogP contribution in [0.1, 0.15) is 11.5 Å². The number of nitrogens with zero attached hydrogens (tertiary/aromatic N) is 3. The van der Waals surface area contributed by atoms with Crippen LogP contribution < -0.4 is 5.32 Å². The van der Waals surface area contributed by atoms with E-state index in [0.717, 1.165) is 29.4 Å². The van der Waals surface area contributed by atoms with Crippen molar-refractivity contribution in [2.45, 2.75) is 13.5 Å². The third-order valence-corrected chi connectivity index (χ3v) is 2.85. The topological polar surface area (TPSA) is 58.5 Å². The van der Waals surface area contributed by atoms with Gasteiger partial charge in [-0.05, 0) is 31.2 Å². The van der Waals surface area contributed by atoms with Gasteiger partial charge in [0.2, 0.25) is 0 Å². The first-order valence-electron chi connectivity index (χ1n) is 6.16. The van der Waals surface area contributed by atoms with Crippen molar-refractivity contribution in [3.8, 4) is 5.69 Å². The van der Waals surface area contributed by atoms with E-state index in [9.17, 15) is 0 Å². The van der Waals surface area contributed by atoms with E-state index >= 15 is 0 Å². The van der Waals surface area contributed by atoms with Gasteiger partial charge in [-0.3, -0.25) is 0 Å². The van der Waals surface area contributed by atoms with Crippen molar-refractivity contribution < 1.29 is 0 Å². The van der Waals surface area contributed by atoms with Crippen molar-refractivity contribution in [2.24, 2.45) is 0 Å². The van der Waals surface area contributed by atoms with Crippen LogP contribution in [0.25, 0.3) is 5.69 Å². The average Bonchev–Trinajstić information content (AvgIpc) is 3.08. The van der Waals surface area contributed by atoms with Crippen molar-refractivity contribution in [3.63, 3.8) is 0 Å². The molecule has 2 heterocycles. The smallest absolute Gasteiger partial charge is 0.103 e. The molecule has 3 aromatic rings. The van der Waals surface area contributed by atoms with Gasteiger partial charge in [0.25, 0.3) is 0 Å². The predicted molar refractivity (Wildman–Crippen MR) is 74.2 cm³/mol. The number of rotatable bonds is 4. The second kappa shape index (κ2) is 4.97. The first-order valence-corrected chi connectivity index (χ1v) is 6.16. The number of imidazole rings is 1. The molecule has 2 aromatic heterocycles. The van der Waals surface area contributed by atoms with Gasteiger partial charge >= 0.3 is 0 Å². The van der Waals surface area contributed by atoms with Gasteiger partial charge in [-0.15, -0.1) is 0 Å². The summed E-state index contributed by atoms with van der Waals surface area (Å²) < 4.78 is 1.84. The highest BCUT2D eigenvalue weighted by atomic mass is 15.3. The highest BCUT2D eigenvalue weighted by molar-refractivity contribution is 5.50. The summed E-state index contributed by atoms with van der Waals surface area (Å²) in [6.45, 7) is 2.67. The fourth-order valence-electron chi connectivity index (χ4n) is 1.94. The van der Waals surface area contributed by atoms with E-state index in [0.29, 0.717) is 0 Å². The fourth-order valence-corrected chi connectivity index (χ4v) is 1.94. The van der Waals surface area contributed by atoms with Crippen LogP contribution in [0.4, 0.5) is 5.69 Å². The van der Waals surface area contributed by atoms with E-state index in [1.165, 1.54) is 0 Å². The Kier molecular flexibility index (Phi) is 3.02. The lowest BCUT2D eigenvalue weighted by atomic mass is 10.2. The molecule has 5 heteroatoms. The van der Waals surface area contributed by atoms with Crippen LogP contribution in [-0.4, -0.2) is 19.7 Å². The molecule has 0 bridgehead atoms. The number of aryl methyl sites for hydroxylation is 1. The molecule has 0 aliphatic carbocycles. The second-order valence-corrected chi connectivity index (χ2v) is 4.35. The van der Waals surface area contributed by atoms with Crippen LogP contribution in [-0.2, 0) is 6.54 Å². The molecular formula is C14H15N5. The quantitative estimate of drug-likeness (QED) is 0.751. The maximum absolute atomic E-state index is 4.22. The minimum atomic E-state index is 0.726. The molecule has 0 unspecified atom stereocenters. The number of nitrogens with one attached hydrogen (secondary N) is 2.